The third-order valence-corrected chi connectivity index (χ3v) is 5.21. The zero-order valence-corrected chi connectivity index (χ0v) is 17.3. The molecular weight excluding hydrogens is 382 g/mol. The van der Waals surface area contributed by atoms with Crippen molar-refractivity contribution in [2.45, 2.75) is 11.9 Å². The Kier molecular flexibility index (Phi) is 5.48. The van der Waals surface area contributed by atoms with Crippen molar-refractivity contribution in [1.82, 2.24) is 19.7 Å². The summed E-state index contributed by atoms with van der Waals surface area (Å²) in [6, 6.07) is 19.7. The van der Waals surface area contributed by atoms with E-state index >= 15 is 0 Å². The predicted octanol–water partition coefficient (Wildman–Crippen LogP) is 5.11. The lowest BCUT2D eigenvalue weighted by Crippen LogP contribution is -2.00. The van der Waals surface area contributed by atoms with E-state index in [0.29, 0.717) is 5.95 Å². The van der Waals surface area contributed by atoms with Crippen LogP contribution in [-0.2, 0) is 0 Å². The molecule has 2 aromatic heterocycles. The predicted molar refractivity (Wildman–Crippen MR) is 117 cm³/mol. The number of aromatic nitrogens is 4. The van der Waals surface area contributed by atoms with E-state index in [0.717, 1.165) is 39.1 Å². The summed E-state index contributed by atoms with van der Waals surface area (Å²) in [5, 5.41) is 8.97. The molecule has 4 aromatic rings. The molecule has 4 rings (SSSR count). The molecule has 0 amide bonds. The molecule has 2 aromatic carbocycles. The van der Waals surface area contributed by atoms with Crippen LogP contribution in [-0.4, -0.2) is 33.1 Å². The molecule has 7 heteroatoms. The third-order valence-electron chi connectivity index (χ3n) is 4.54. The van der Waals surface area contributed by atoms with Gasteiger partial charge in [0.25, 0.3) is 0 Å². The van der Waals surface area contributed by atoms with E-state index in [1.54, 1.807) is 25.1 Å². The Morgan fingerprint density at radius 2 is 1.76 bits per heavy atom. The summed E-state index contributed by atoms with van der Waals surface area (Å²) in [5.41, 5.74) is 4.80. The highest BCUT2D eigenvalue weighted by molar-refractivity contribution is 7.98. The molecule has 0 aliphatic heterocycles. The van der Waals surface area contributed by atoms with Gasteiger partial charge in [0.2, 0.25) is 5.95 Å². The van der Waals surface area contributed by atoms with Crippen molar-refractivity contribution >= 4 is 23.4 Å². The number of anilines is 2. The van der Waals surface area contributed by atoms with Gasteiger partial charge in [-0.05, 0) is 55.6 Å². The average Bonchev–Trinajstić information content (AvgIpc) is 3.11. The van der Waals surface area contributed by atoms with Gasteiger partial charge in [-0.15, -0.1) is 11.8 Å². The fraction of sp³-hybridized carbons (Fsp3) is 0.136. The van der Waals surface area contributed by atoms with Gasteiger partial charge < -0.3 is 10.1 Å². The van der Waals surface area contributed by atoms with Crippen LogP contribution in [0.3, 0.4) is 0 Å². The molecule has 0 unspecified atom stereocenters. The molecule has 0 radical (unpaired) electrons. The zero-order chi connectivity index (χ0) is 20.2. The first-order valence-corrected chi connectivity index (χ1v) is 10.4. The molecule has 0 bridgehead atoms. The molecule has 0 aliphatic rings. The van der Waals surface area contributed by atoms with Crippen molar-refractivity contribution < 1.29 is 4.74 Å². The summed E-state index contributed by atoms with van der Waals surface area (Å²) in [7, 11) is 1.65. The number of benzene rings is 2. The average molecular weight is 404 g/mol. The Bertz CT molecular complexity index is 1110. The lowest BCUT2D eigenvalue weighted by molar-refractivity contribution is 0.415. The number of hydrogen-bond donors (Lipinski definition) is 1. The van der Waals surface area contributed by atoms with E-state index in [1.165, 1.54) is 0 Å². The van der Waals surface area contributed by atoms with E-state index in [9.17, 15) is 0 Å². The van der Waals surface area contributed by atoms with Gasteiger partial charge in [0.1, 0.15) is 10.8 Å². The number of rotatable bonds is 6. The van der Waals surface area contributed by atoms with Crippen molar-refractivity contribution in [1.29, 1.82) is 0 Å². The Balaban J connectivity index is 1.70. The summed E-state index contributed by atoms with van der Waals surface area (Å²) < 4.78 is 7.16. The van der Waals surface area contributed by atoms with Crippen LogP contribution in [0.25, 0.3) is 16.9 Å². The highest BCUT2D eigenvalue weighted by atomic mass is 32.2. The molecule has 2 heterocycles. The number of ether oxygens (including phenoxy) is 1. The second-order valence-electron chi connectivity index (χ2n) is 6.34. The molecular formula is C22H21N5OS. The highest BCUT2D eigenvalue weighted by Gasteiger charge is 2.18. The van der Waals surface area contributed by atoms with Crippen LogP contribution in [0.5, 0.6) is 5.75 Å². The standard InChI is InChI=1S/C22H21N5OS/c1-15-20(21(29-3)26-27(15)17-7-5-4-6-8-17)19-13-14-23-22(25-19)24-16-9-11-18(28-2)12-10-16/h4-14H,1-3H3,(H,23,24,25). The van der Waals surface area contributed by atoms with Crippen LogP contribution in [0.1, 0.15) is 5.69 Å². The van der Waals surface area contributed by atoms with E-state index in [2.05, 4.69) is 17.2 Å². The SMILES string of the molecule is COc1ccc(Nc2nccc(-c3c(SC)nn(-c4ccccc4)c3C)n2)cc1. The first-order chi connectivity index (χ1) is 14.2. The van der Waals surface area contributed by atoms with Gasteiger partial charge >= 0.3 is 0 Å². The maximum absolute atomic E-state index is 5.20. The van der Waals surface area contributed by atoms with Crippen molar-refractivity contribution in [2.24, 2.45) is 0 Å². The van der Waals surface area contributed by atoms with Crippen LogP contribution in [0.2, 0.25) is 0 Å². The first-order valence-electron chi connectivity index (χ1n) is 9.13. The van der Waals surface area contributed by atoms with E-state index < -0.39 is 0 Å². The Hall–Kier alpha value is -3.32. The Labute approximate surface area is 174 Å². The maximum Gasteiger partial charge on any atom is 0.227 e. The van der Waals surface area contributed by atoms with Crippen molar-refractivity contribution in [3.63, 3.8) is 0 Å². The van der Waals surface area contributed by atoms with Gasteiger partial charge in [0.15, 0.2) is 0 Å². The monoisotopic (exact) mass is 403 g/mol. The van der Waals surface area contributed by atoms with Crippen LogP contribution in [0, 0.1) is 6.92 Å². The van der Waals surface area contributed by atoms with Crippen molar-refractivity contribution in [3.05, 3.63) is 72.6 Å². The smallest absolute Gasteiger partial charge is 0.227 e. The minimum atomic E-state index is 0.534. The number of thioether (sulfide) groups is 1. The Morgan fingerprint density at radius 3 is 2.45 bits per heavy atom. The molecule has 0 fully saturated rings. The maximum atomic E-state index is 5.20. The van der Waals surface area contributed by atoms with E-state index in [4.69, 9.17) is 14.8 Å². The molecule has 146 valence electrons. The number of methoxy groups -OCH3 is 1. The number of nitrogens with one attached hydrogen (secondary N) is 1. The van der Waals surface area contributed by atoms with Crippen LogP contribution < -0.4 is 10.1 Å². The molecule has 0 spiro atoms. The number of para-hydroxylation sites is 1. The van der Waals surface area contributed by atoms with E-state index in [-0.39, 0.29) is 0 Å². The summed E-state index contributed by atoms with van der Waals surface area (Å²) in [6.07, 6.45) is 3.79. The molecule has 1 N–H and O–H groups in total. The minimum absolute atomic E-state index is 0.534. The van der Waals surface area contributed by atoms with Crippen molar-refractivity contribution in [2.75, 3.05) is 18.7 Å². The van der Waals surface area contributed by atoms with E-state index in [1.807, 2.05) is 71.6 Å². The summed E-state index contributed by atoms with van der Waals surface area (Å²) in [6.45, 7) is 2.06. The topological polar surface area (TPSA) is 64.9 Å². The lowest BCUT2D eigenvalue weighted by Gasteiger charge is -2.08. The summed E-state index contributed by atoms with van der Waals surface area (Å²) in [5.74, 6) is 1.34. The molecule has 0 saturated carbocycles. The van der Waals surface area contributed by atoms with Gasteiger partial charge in [-0.1, -0.05) is 18.2 Å². The van der Waals surface area contributed by atoms with Crippen LogP contribution >= 0.6 is 11.8 Å². The highest BCUT2D eigenvalue weighted by Crippen LogP contribution is 2.33. The van der Waals surface area contributed by atoms with Gasteiger partial charge in [-0.3, -0.25) is 0 Å². The fourth-order valence-corrected chi connectivity index (χ4v) is 3.72. The summed E-state index contributed by atoms with van der Waals surface area (Å²) >= 11 is 1.61. The molecule has 6 nitrogen and oxygen atoms in total. The van der Waals surface area contributed by atoms with Crippen LogP contribution in [0.15, 0.2) is 71.9 Å². The number of nitrogens with zero attached hydrogens (tertiary/aromatic N) is 4. The van der Waals surface area contributed by atoms with Gasteiger partial charge in [-0.2, -0.15) is 5.10 Å². The quantitative estimate of drug-likeness (QED) is 0.451. The lowest BCUT2D eigenvalue weighted by atomic mass is 10.2. The second kappa shape index (κ2) is 8.36. The first kappa shape index (κ1) is 19.0. The Morgan fingerprint density at radius 1 is 1.00 bits per heavy atom. The van der Waals surface area contributed by atoms with Gasteiger partial charge in [0, 0.05) is 11.9 Å². The van der Waals surface area contributed by atoms with Crippen molar-refractivity contribution in [3.8, 4) is 22.7 Å². The molecule has 29 heavy (non-hydrogen) atoms. The van der Waals surface area contributed by atoms with Crippen LogP contribution in [0.4, 0.5) is 11.6 Å². The minimum Gasteiger partial charge on any atom is -0.497 e. The normalized spacial score (nSPS) is 10.7. The summed E-state index contributed by atoms with van der Waals surface area (Å²) in [4.78, 5) is 9.10. The zero-order valence-electron chi connectivity index (χ0n) is 16.5. The van der Waals surface area contributed by atoms with Gasteiger partial charge in [-0.25, -0.2) is 14.6 Å². The van der Waals surface area contributed by atoms with Gasteiger partial charge in [0.05, 0.1) is 29.7 Å². The molecule has 0 aliphatic carbocycles. The number of hydrogen-bond acceptors (Lipinski definition) is 6. The second-order valence-corrected chi connectivity index (χ2v) is 7.13. The largest absolute Gasteiger partial charge is 0.497 e. The molecule has 0 atom stereocenters. The molecule has 0 saturated heterocycles. The fourth-order valence-electron chi connectivity index (χ4n) is 3.10. The third kappa shape index (κ3) is 3.95.